The molecule has 3 heterocycles. The molecule has 7 nitrogen and oxygen atoms in total. The first-order valence-electron chi connectivity index (χ1n) is 8.29. The van der Waals surface area contributed by atoms with Crippen molar-refractivity contribution in [2.24, 2.45) is 7.05 Å². The Morgan fingerprint density at radius 1 is 1.35 bits per heavy atom. The number of hydrogen-bond donors (Lipinski definition) is 0. The zero-order valence-corrected chi connectivity index (χ0v) is 13.5. The van der Waals surface area contributed by atoms with Crippen molar-refractivity contribution in [2.75, 3.05) is 13.1 Å². The van der Waals surface area contributed by atoms with Crippen molar-refractivity contribution in [2.45, 2.75) is 44.6 Å². The average molecular weight is 315 g/mol. The second-order valence-corrected chi connectivity index (χ2v) is 6.38. The summed E-state index contributed by atoms with van der Waals surface area (Å²) in [7, 11) is 2.00. The van der Waals surface area contributed by atoms with Crippen LogP contribution in [0.15, 0.2) is 6.33 Å². The first-order valence-corrected chi connectivity index (χ1v) is 8.29. The Morgan fingerprint density at radius 3 is 2.91 bits per heavy atom. The lowest BCUT2D eigenvalue weighted by Crippen LogP contribution is -2.30. The molecule has 122 valence electrons. The Hall–Kier alpha value is -2.18. The second-order valence-electron chi connectivity index (χ2n) is 6.38. The van der Waals surface area contributed by atoms with E-state index in [0.717, 1.165) is 30.0 Å². The minimum atomic E-state index is -0.0185. The summed E-state index contributed by atoms with van der Waals surface area (Å²) >= 11 is 0. The summed E-state index contributed by atoms with van der Waals surface area (Å²) in [4.78, 5) is 27.0. The summed E-state index contributed by atoms with van der Waals surface area (Å²) < 4.78 is 8.11. The first kappa shape index (κ1) is 14.4. The minimum Gasteiger partial charge on any atom is -0.471 e. The van der Waals surface area contributed by atoms with E-state index in [1.165, 1.54) is 19.2 Å². The fourth-order valence-corrected chi connectivity index (χ4v) is 3.22. The maximum absolute atomic E-state index is 11.8. The van der Waals surface area contributed by atoms with Gasteiger partial charge in [-0.25, -0.2) is 9.97 Å². The molecule has 1 saturated heterocycles. The topological polar surface area (TPSA) is 73.1 Å². The van der Waals surface area contributed by atoms with Crippen molar-refractivity contribution in [1.29, 1.82) is 0 Å². The van der Waals surface area contributed by atoms with E-state index in [4.69, 9.17) is 9.72 Å². The number of aromatic nitrogens is 4. The molecule has 1 aliphatic carbocycles. The maximum Gasteiger partial charge on any atom is 0.245 e. The van der Waals surface area contributed by atoms with Crippen molar-refractivity contribution in [3.05, 3.63) is 12.2 Å². The third kappa shape index (κ3) is 2.54. The van der Waals surface area contributed by atoms with Gasteiger partial charge in [-0.2, -0.15) is 4.98 Å². The van der Waals surface area contributed by atoms with Gasteiger partial charge in [0.1, 0.15) is 18.3 Å². The molecule has 2 fully saturated rings. The lowest BCUT2D eigenvalue weighted by atomic mass is 10.3. The van der Waals surface area contributed by atoms with Crippen LogP contribution in [0.2, 0.25) is 0 Å². The van der Waals surface area contributed by atoms with E-state index in [1.807, 2.05) is 23.4 Å². The van der Waals surface area contributed by atoms with Gasteiger partial charge in [-0.15, -0.1) is 0 Å². The normalized spacial score (nSPS) is 21.1. The van der Waals surface area contributed by atoms with E-state index in [9.17, 15) is 4.79 Å². The number of nitrogens with zero attached hydrogens (tertiary/aromatic N) is 5. The van der Waals surface area contributed by atoms with E-state index >= 15 is 0 Å². The molecule has 0 spiro atoms. The lowest BCUT2D eigenvalue weighted by Gasteiger charge is -2.16. The minimum absolute atomic E-state index is 0.0185. The van der Waals surface area contributed by atoms with Crippen LogP contribution in [0.1, 0.15) is 44.3 Å². The number of carbonyl (C=O) groups is 1. The van der Waals surface area contributed by atoms with Crippen molar-refractivity contribution in [3.63, 3.8) is 0 Å². The molecule has 1 unspecified atom stereocenters. The van der Waals surface area contributed by atoms with E-state index in [0.29, 0.717) is 24.8 Å². The second kappa shape index (κ2) is 5.47. The van der Waals surface area contributed by atoms with Gasteiger partial charge >= 0.3 is 0 Å². The number of hydrogen-bond acceptors (Lipinski definition) is 5. The number of aryl methyl sites for hydroxylation is 1. The van der Waals surface area contributed by atoms with Crippen LogP contribution < -0.4 is 4.74 Å². The standard InChI is InChI=1S/C16H21N5O2/c1-3-12(22)21-7-6-11(8-21)23-16-13-15(17-9-18-16)20(2)14(19-13)10-4-5-10/h9-11H,3-8H2,1-2H3. The van der Waals surface area contributed by atoms with Gasteiger partial charge in [0, 0.05) is 32.4 Å². The van der Waals surface area contributed by atoms with Gasteiger partial charge in [0.05, 0.1) is 6.54 Å². The fraction of sp³-hybridized carbons (Fsp3) is 0.625. The molecule has 0 aromatic carbocycles. The molecule has 0 radical (unpaired) electrons. The highest BCUT2D eigenvalue weighted by molar-refractivity contribution is 5.77. The summed E-state index contributed by atoms with van der Waals surface area (Å²) in [5.74, 6) is 2.33. The van der Waals surface area contributed by atoms with Crippen molar-refractivity contribution in [3.8, 4) is 5.88 Å². The number of likely N-dealkylation sites (tertiary alicyclic amines) is 1. The molecule has 4 rings (SSSR count). The highest BCUT2D eigenvalue weighted by Gasteiger charge is 2.31. The largest absolute Gasteiger partial charge is 0.471 e. The van der Waals surface area contributed by atoms with Crippen LogP contribution >= 0.6 is 0 Å². The van der Waals surface area contributed by atoms with Gasteiger partial charge in [-0.05, 0) is 12.8 Å². The molecule has 2 aliphatic rings. The van der Waals surface area contributed by atoms with Gasteiger partial charge in [0.25, 0.3) is 0 Å². The van der Waals surface area contributed by atoms with Gasteiger partial charge in [-0.1, -0.05) is 6.92 Å². The zero-order chi connectivity index (χ0) is 16.0. The van der Waals surface area contributed by atoms with E-state index < -0.39 is 0 Å². The van der Waals surface area contributed by atoms with Gasteiger partial charge in [0.15, 0.2) is 11.2 Å². The Morgan fingerprint density at radius 2 is 2.17 bits per heavy atom. The van der Waals surface area contributed by atoms with Crippen LogP contribution in [-0.4, -0.2) is 49.5 Å². The Labute approximate surface area is 134 Å². The van der Waals surface area contributed by atoms with Crippen molar-refractivity contribution >= 4 is 17.1 Å². The number of fused-ring (bicyclic) bond motifs is 1. The van der Waals surface area contributed by atoms with Crippen LogP contribution in [0.3, 0.4) is 0 Å². The molecule has 1 saturated carbocycles. The zero-order valence-electron chi connectivity index (χ0n) is 13.5. The van der Waals surface area contributed by atoms with Crippen LogP contribution in [0.4, 0.5) is 0 Å². The summed E-state index contributed by atoms with van der Waals surface area (Å²) in [6.45, 7) is 3.26. The highest BCUT2D eigenvalue weighted by atomic mass is 16.5. The summed E-state index contributed by atoms with van der Waals surface area (Å²) in [6.07, 6.45) is 5.26. The molecule has 23 heavy (non-hydrogen) atoms. The number of rotatable bonds is 4. The summed E-state index contributed by atoms with van der Waals surface area (Å²) in [6, 6.07) is 0. The fourth-order valence-electron chi connectivity index (χ4n) is 3.22. The number of ether oxygens (including phenoxy) is 1. The van der Waals surface area contributed by atoms with Crippen molar-refractivity contribution in [1.82, 2.24) is 24.4 Å². The van der Waals surface area contributed by atoms with Crippen LogP contribution in [0, 0.1) is 0 Å². The smallest absolute Gasteiger partial charge is 0.245 e. The molecule has 2 aromatic rings. The first-order chi connectivity index (χ1) is 11.2. The average Bonchev–Trinajstić information content (AvgIpc) is 3.21. The van der Waals surface area contributed by atoms with Crippen molar-refractivity contribution < 1.29 is 9.53 Å². The molecule has 2 aromatic heterocycles. The summed E-state index contributed by atoms with van der Waals surface area (Å²) in [5.41, 5.74) is 1.55. The summed E-state index contributed by atoms with van der Waals surface area (Å²) in [5, 5.41) is 0. The van der Waals surface area contributed by atoms with Gasteiger partial charge in [-0.3, -0.25) is 4.79 Å². The molecule has 0 N–H and O–H groups in total. The molecular weight excluding hydrogens is 294 g/mol. The number of carbonyl (C=O) groups excluding carboxylic acids is 1. The Kier molecular flexibility index (Phi) is 3.43. The monoisotopic (exact) mass is 315 g/mol. The highest BCUT2D eigenvalue weighted by Crippen LogP contribution is 2.40. The van der Waals surface area contributed by atoms with E-state index in [2.05, 4.69) is 9.97 Å². The van der Waals surface area contributed by atoms with Crippen LogP contribution in [-0.2, 0) is 11.8 Å². The Balaban J connectivity index is 1.57. The lowest BCUT2D eigenvalue weighted by molar-refractivity contribution is -0.130. The molecule has 0 bridgehead atoms. The van der Waals surface area contributed by atoms with E-state index in [1.54, 1.807) is 0 Å². The molecule has 1 amide bonds. The molecular formula is C16H21N5O2. The number of imidazole rings is 1. The van der Waals surface area contributed by atoms with Gasteiger partial charge < -0.3 is 14.2 Å². The van der Waals surface area contributed by atoms with E-state index in [-0.39, 0.29) is 12.0 Å². The van der Waals surface area contributed by atoms with Gasteiger partial charge in [0.2, 0.25) is 11.8 Å². The van der Waals surface area contributed by atoms with Crippen LogP contribution in [0.25, 0.3) is 11.2 Å². The predicted octanol–water partition coefficient (Wildman–Crippen LogP) is 1.63. The quantitative estimate of drug-likeness (QED) is 0.857. The third-order valence-electron chi connectivity index (χ3n) is 4.68. The number of amides is 1. The maximum atomic E-state index is 11.8. The SMILES string of the molecule is CCC(=O)N1CCC(Oc2ncnc3c2nc(C2CC2)n3C)C1. The molecule has 1 aliphatic heterocycles. The molecule has 1 atom stereocenters. The third-order valence-corrected chi connectivity index (χ3v) is 4.68. The van der Waals surface area contributed by atoms with Crippen LogP contribution in [0.5, 0.6) is 5.88 Å². The Bertz CT molecular complexity index is 752. The predicted molar refractivity (Wildman–Crippen MR) is 84.2 cm³/mol. The molecule has 7 heteroatoms.